The number of nitrogens with one attached hydrogen (secondary N) is 1. The summed E-state index contributed by atoms with van der Waals surface area (Å²) < 4.78 is 5.46. The van der Waals surface area contributed by atoms with Gasteiger partial charge in [0.05, 0.1) is 5.56 Å². The summed E-state index contributed by atoms with van der Waals surface area (Å²) in [6.45, 7) is 11.1. The van der Waals surface area contributed by atoms with Crippen molar-refractivity contribution >= 4 is 12.0 Å². The average molecular weight is 461 g/mol. The topological polar surface area (TPSA) is 41.6 Å². The zero-order valence-corrected chi connectivity index (χ0v) is 21.2. The quantitative estimate of drug-likeness (QED) is 0.485. The van der Waals surface area contributed by atoms with Crippen LogP contribution in [0.4, 0.5) is 0 Å². The highest BCUT2D eigenvalue weighted by molar-refractivity contribution is 5.89. The van der Waals surface area contributed by atoms with Gasteiger partial charge in [-0.05, 0) is 88.7 Å². The van der Waals surface area contributed by atoms with Crippen LogP contribution in [0.2, 0.25) is 0 Å². The molecule has 4 heteroatoms. The average Bonchev–Trinajstić information content (AvgIpc) is 3.57. The molecule has 0 unspecified atom stereocenters. The first-order chi connectivity index (χ1) is 16.3. The smallest absolute Gasteiger partial charge is 0.338 e. The SMILES string of the molecule is CC/C(=C\c1ccccc1)[C@@H]1C[C@H]1NC1CCN(Cc2ccc(C(=O)OC(C)(C)C)cc2)CC1. The highest BCUT2D eigenvalue weighted by atomic mass is 16.6. The highest BCUT2D eigenvalue weighted by Gasteiger charge is 2.40. The predicted octanol–water partition coefficient (Wildman–Crippen LogP) is 6.08. The number of nitrogens with zero attached hydrogens (tertiary/aromatic N) is 1. The summed E-state index contributed by atoms with van der Waals surface area (Å²) in [5, 5.41) is 3.95. The molecule has 2 aliphatic rings. The first-order valence-electron chi connectivity index (χ1n) is 12.9. The maximum Gasteiger partial charge on any atom is 0.338 e. The third-order valence-corrected chi connectivity index (χ3v) is 6.86. The largest absolute Gasteiger partial charge is 0.456 e. The van der Waals surface area contributed by atoms with Gasteiger partial charge in [-0.25, -0.2) is 4.79 Å². The Kier molecular flexibility index (Phi) is 7.90. The molecule has 0 spiro atoms. The van der Waals surface area contributed by atoms with Gasteiger partial charge < -0.3 is 10.1 Å². The molecule has 4 rings (SSSR count). The van der Waals surface area contributed by atoms with E-state index < -0.39 is 5.60 Å². The molecular formula is C30H40N2O2. The van der Waals surface area contributed by atoms with Crippen molar-refractivity contribution in [1.82, 2.24) is 10.2 Å². The van der Waals surface area contributed by atoms with E-state index in [0.29, 0.717) is 23.6 Å². The van der Waals surface area contributed by atoms with Crippen LogP contribution in [0.5, 0.6) is 0 Å². The van der Waals surface area contributed by atoms with Crippen LogP contribution in [0, 0.1) is 5.92 Å². The van der Waals surface area contributed by atoms with E-state index in [-0.39, 0.29) is 5.97 Å². The van der Waals surface area contributed by atoms with Gasteiger partial charge in [0.1, 0.15) is 5.60 Å². The molecule has 1 saturated heterocycles. The van der Waals surface area contributed by atoms with E-state index in [1.54, 1.807) is 5.57 Å². The lowest BCUT2D eigenvalue weighted by Crippen LogP contribution is -2.43. The van der Waals surface area contributed by atoms with Gasteiger partial charge in [0.25, 0.3) is 0 Å². The molecule has 1 saturated carbocycles. The lowest BCUT2D eigenvalue weighted by Gasteiger charge is -2.32. The minimum absolute atomic E-state index is 0.255. The second-order valence-electron chi connectivity index (χ2n) is 10.8. The first-order valence-corrected chi connectivity index (χ1v) is 12.9. The molecule has 1 aliphatic heterocycles. The molecule has 0 radical (unpaired) electrons. The molecule has 4 nitrogen and oxygen atoms in total. The molecule has 0 aromatic heterocycles. The Morgan fingerprint density at radius 2 is 1.74 bits per heavy atom. The number of ether oxygens (including phenoxy) is 1. The first kappa shape index (κ1) is 24.7. The van der Waals surface area contributed by atoms with Crippen molar-refractivity contribution < 1.29 is 9.53 Å². The van der Waals surface area contributed by atoms with Crippen molar-refractivity contribution in [1.29, 1.82) is 0 Å². The summed E-state index contributed by atoms with van der Waals surface area (Å²) in [5.41, 5.74) is 4.30. The zero-order chi connectivity index (χ0) is 24.1. The number of carbonyl (C=O) groups is 1. The van der Waals surface area contributed by atoms with Crippen LogP contribution in [0.25, 0.3) is 6.08 Å². The Bertz CT molecular complexity index is 967. The van der Waals surface area contributed by atoms with Crippen LogP contribution in [0.15, 0.2) is 60.2 Å². The van der Waals surface area contributed by atoms with E-state index >= 15 is 0 Å². The monoisotopic (exact) mass is 460 g/mol. The van der Waals surface area contributed by atoms with Crippen molar-refractivity contribution in [2.45, 2.75) is 77.6 Å². The standard InChI is InChI=1S/C30H40N2O2/c1-5-24(19-22-9-7-6-8-10-22)27-20-28(27)31-26-15-17-32(18-16-26)21-23-11-13-25(14-12-23)29(33)34-30(2,3)4/h6-14,19,26-28,31H,5,15-18,20-21H2,1-4H3/b24-19+/t27-,28+/m0/s1. The van der Waals surface area contributed by atoms with Crippen molar-refractivity contribution in [2.75, 3.05) is 13.1 Å². The van der Waals surface area contributed by atoms with Crippen LogP contribution in [0.1, 0.15) is 74.9 Å². The molecule has 0 amide bonds. The Labute approximate surface area is 205 Å². The fourth-order valence-electron chi connectivity index (χ4n) is 4.93. The van der Waals surface area contributed by atoms with Crippen LogP contribution in [-0.4, -0.2) is 41.6 Å². The van der Waals surface area contributed by atoms with E-state index in [1.165, 1.54) is 30.4 Å². The van der Waals surface area contributed by atoms with Crippen LogP contribution in [-0.2, 0) is 11.3 Å². The second-order valence-corrected chi connectivity index (χ2v) is 10.8. The third-order valence-electron chi connectivity index (χ3n) is 6.86. The lowest BCUT2D eigenvalue weighted by molar-refractivity contribution is 0.00695. The van der Waals surface area contributed by atoms with E-state index in [0.717, 1.165) is 26.1 Å². The fraction of sp³-hybridized carbons (Fsp3) is 0.500. The van der Waals surface area contributed by atoms with Crippen LogP contribution < -0.4 is 5.32 Å². The van der Waals surface area contributed by atoms with Crippen molar-refractivity contribution in [2.24, 2.45) is 5.92 Å². The van der Waals surface area contributed by atoms with Crippen molar-refractivity contribution in [3.8, 4) is 0 Å². The minimum Gasteiger partial charge on any atom is -0.456 e. The molecule has 2 aromatic rings. The molecule has 1 aliphatic carbocycles. The van der Waals surface area contributed by atoms with E-state index in [4.69, 9.17) is 4.74 Å². The van der Waals surface area contributed by atoms with Gasteiger partial charge in [0, 0.05) is 18.6 Å². The molecule has 2 aromatic carbocycles. The predicted molar refractivity (Wildman–Crippen MR) is 140 cm³/mol. The number of rotatable bonds is 8. The molecule has 0 bridgehead atoms. The maximum atomic E-state index is 12.2. The van der Waals surface area contributed by atoms with E-state index in [2.05, 4.69) is 65.7 Å². The molecule has 1 heterocycles. The fourth-order valence-corrected chi connectivity index (χ4v) is 4.93. The summed E-state index contributed by atoms with van der Waals surface area (Å²) in [6.07, 6.45) is 7.19. The summed E-state index contributed by atoms with van der Waals surface area (Å²) in [4.78, 5) is 14.7. The van der Waals surface area contributed by atoms with E-state index in [1.807, 2.05) is 32.9 Å². The number of hydrogen-bond acceptors (Lipinski definition) is 4. The highest BCUT2D eigenvalue weighted by Crippen LogP contribution is 2.40. The zero-order valence-electron chi connectivity index (χ0n) is 21.2. The summed E-state index contributed by atoms with van der Waals surface area (Å²) >= 11 is 0. The molecule has 2 atom stereocenters. The third kappa shape index (κ3) is 7.04. The van der Waals surface area contributed by atoms with Gasteiger partial charge in [0.2, 0.25) is 0 Å². The summed E-state index contributed by atoms with van der Waals surface area (Å²) in [5.74, 6) is 0.445. The van der Waals surface area contributed by atoms with Crippen molar-refractivity contribution in [3.05, 3.63) is 76.9 Å². The van der Waals surface area contributed by atoms with Crippen LogP contribution in [0.3, 0.4) is 0 Å². The van der Waals surface area contributed by atoms with E-state index in [9.17, 15) is 4.79 Å². The molecule has 182 valence electrons. The van der Waals surface area contributed by atoms with Crippen LogP contribution >= 0.6 is 0 Å². The molecular weight excluding hydrogens is 420 g/mol. The van der Waals surface area contributed by atoms with Gasteiger partial charge in [-0.1, -0.05) is 61.0 Å². The Hall–Kier alpha value is -2.43. The lowest BCUT2D eigenvalue weighted by atomic mass is 10.0. The Morgan fingerprint density at radius 3 is 2.35 bits per heavy atom. The van der Waals surface area contributed by atoms with Gasteiger partial charge in [0.15, 0.2) is 0 Å². The number of piperidine rings is 1. The van der Waals surface area contributed by atoms with Gasteiger partial charge in [-0.15, -0.1) is 0 Å². The maximum absolute atomic E-state index is 12.2. The number of esters is 1. The normalized spacial score (nSPS) is 21.9. The minimum atomic E-state index is -0.467. The Morgan fingerprint density at radius 1 is 1.06 bits per heavy atom. The molecule has 34 heavy (non-hydrogen) atoms. The van der Waals surface area contributed by atoms with Crippen molar-refractivity contribution in [3.63, 3.8) is 0 Å². The Balaban J connectivity index is 1.21. The number of likely N-dealkylation sites (tertiary alicyclic amines) is 1. The van der Waals surface area contributed by atoms with Gasteiger partial charge in [-0.3, -0.25) is 4.90 Å². The number of carbonyl (C=O) groups excluding carboxylic acids is 1. The van der Waals surface area contributed by atoms with Gasteiger partial charge in [-0.2, -0.15) is 0 Å². The molecule has 2 fully saturated rings. The summed E-state index contributed by atoms with van der Waals surface area (Å²) in [6, 6.07) is 19.9. The number of hydrogen-bond donors (Lipinski definition) is 1. The second kappa shape index (κ2) is 10.9. The molecule has 1 N–H and O–H groups in total. The van der Waals surface area contributed by atoms with Gasteiger partial charge >= 0.3 is 5.97 Å². The number of benzene rings is 2. The summed E-state index contributed by atoms with van der Waals surface area (Å²) in [7, 11) is 0.